The van der Waals surface area contributed by atoms with E-state index in [-0.39, 0.29) is 18.2 Å². The van der Waals surface area contributed by atoms with Gasteiger partial charge in [0, 0.05) is 12.3 Å². The van der Waals surface area contributed by atoms with Crippen LogP contribution in [0, 0.1) is 23.7 Å². The molecule has 0 aromatic rings. The molecule has 2 aliphatic rings. The van der Waals surface area contributed by atoms with Gasteiger partial charge in [0.2, 0.25) is 11.8 Å². The average Bonchev–Trinajstić information content (AvgIpc) is 3.44. The van der Waals surface area contributed by atoms with E-state index in [1.54, 1.807) is 0 Å². The van der Waals surface area contributed by atoms with E-state index in [1.807, 2.05) is 13.8 Å². The first-order valence-corrected chi connectivity index (χ1v) is 11.2. The Labute approximate surface area is 169 Å². The highest BCUT2D eigenvalue weighted by Gasteiger charge is 2.35. The molecule has 0 unspecified atom stereocenters. The second-order valence-electron chi connectivity index (χ2n) is 9.59. The molecule has 0 aromatic heterocycles. The summed E-state index contributed by atoms with van der Waals surface area (Å²) in [4.78, 5) is 24.4. The van der Waals surface area contributed by atoms with Gasteiger partial charge in [-0.15, -0.1) is 0 Å². The maximum absolute atomic E-state index is 12.9. The predicted molar refractivity (Wildman–Crippen MR) is 109 cm³/mol. The molecule has 6 heteroatoms. The van der Waals surface area contributed by atoms with Crippen LogP contribution in [0.25, 0.3) is 0 Å². The fraction of sp³-hybridized carbons (Fsp3) is 0.909. The molecule has 5 N–H and O–H groups in total. The fourth-order valence-electron chi connectivity index (χ4n) is 4.54. The van der Waals surface area contributed by atoms with Crippen molar-refractivity contribution in [2.24, 2.45) is 29.4 Å². The molecular formula is C22H40N2O4. The molecule has 0 aromatic carbocycles. The molecule has 0 aliphatic heterocycles. The standard InChI is InChI=1S/C22H40N2O4/c1-14(2)10-19(25)21(27)18(12-15-6-4-3-5-7-15)24-22(28)17(13-20(23)26)11-16-8-9-16/h14-19,21,25,27H,3-13H2,1-2H3,(H2,23,26)(H,24,28)/t17-,18+,19+,21-/m1/s1. The zero-order chi connectivity index (χ0) is 20.7. The van der Waals surface area contributed by atoms with Crippen molar-refractivity contribution in [3.05, 3.63) is 0 Å². The van der Waals surface area contributed by atoms with Gasteiger partial charge in [-0.2, -0.15) is 0 Å². The quantitative estimate of drug-likeness (QED) is 0.406. The molecule has 0 spiro atoms. The lowest BCUT2D eigenvalue weighted by atomic mass is 9.82. The number of primary amides is 1. The minimum atomic E-state index is -0.997. The molecule has 0 saturated heterocycles. The van der Waals surface area contributed by atoms with Gasteiger partial charge in [0.15, 0.2) is 0 Å². The SMILES string of the molecule is CC(C)C[C@H](O)[C@H](O)[C@H](CC1CCCCC1)NC(=O)[C@@H](CC(N)=O)CC1CC1. The highest BCUT2D eigenvalue weighted by atomic mass is 16.3. The summed E-state index contributed by atoms with van der Waals surface area (Å²) >= 11 is 0. The third kappa shape index (κ3) is 8.08. The van der Waals surface area contributed by atoms with Crippen molar-refractivity contribution in [3.8, 4) is 0 Å². The van der Waals surface area contributed by atoms with Crippen LogP contribution in [0.15, 0.2) is 0 Å². The highest BCUT2D eigenvalue weighted by molar-refractivity contribution is 5.85. The fourth-order valence-corrected chi connectivity index (χ4v) is 4.54. The second kappa shape index (κ2) is 11.1. The number of aliphatic hydroxyl groups excluding tert-OH is 2. The third-order valence-electron chi connectivity index (χ3n) is 6.29. The number of aliphatic hydroxyl groups is 2. The van der Waals surface area contributed by atoms with Crippen molar-refractivity contribution >= 4 is 11.8 Å². The van der Waals surface area contributed by atoms with Crippen LogP contribution < -0.4 is 11.1 Å². The zero-order valence-electron chi connectivity index (χ0n) is 17.6. The number of carbonyl (C=O) groups is 2. The molecule has 2 amide bonds. The Balaban J connectivity index is 2.04. The van der Waals surface area contributed by atoms with Crippen molar-refractivity contribution in [1.82, 2.24) is 5.32 Å². The van der Waals surface area contributed by atoms with Crippen LogP contribution in [0.2, 0.25) is 0 Å². The first-order chi connectivity index (χ1) is 13.3. The Morgan fingerprint density at radius 1 is 1.00 bits per heavy atom. The smallest absolute Gasteiger partial charge is 0.223 e. The topological polar surface area (TPSA) is 113 Å². The molecule has 28 heavy (non-hydrogen) atoms. The van der Waals surface area contributed by atoms with E-state index in [2.05, 4.69) is 5.32 Å². The van der Waals surface area contributed by atoms with Gasteiger partial charge in [-0.05, 0) is 37.0 Å². The van der Waals surface area contributed by atoms with E-state index in [1.165, 1.54) is 19.3 Å². The van der Waals surface area contributed by atoms with E-state index in [4.69, 9.17) is 5.73 Å². The van der Waals surface area contributed by atoms with Gasteiger partial charge in [-0.1, -0.05) is 58.8 Å². The predicted octanol–water partition coefficient (Wildman–Crippen LogP) is 2.50. The van der Waals surface area contributed by atoms with Gasteiger partial charge in [-0.25, -0.2) is 0 Å². The summed E-state index contributed by atoms with van der Waals surface area (Å²) in [6.45, 7) is 4.01. The molecular weight excluding hydrogens is 356 g/mol. The van der Waals surface area contributed by atoms with Gasteiger partial charge < -0.3 is 21.3 Å². The summed E-state index contributed by atoms with van der Waals surface area (Å²) in [6.07, 6.45) is 8.04. The maximum atomic E-state index is 12.9. The molecule has 2 saturated carbocycles. The Morgan fingerprint density at radius 3 is 2.14 bits per heavy atom. The van der Waals surface area contributed by atoms with E-state index in [0.717, 1.165) is 25.7 Å². The molecule has 0 heterocycles. The van der Waals surface area contributed by atoms with Crippen molar-refractivity contribution < 1.29 is 19.8 Å². The summed E-state index contributed by atoms with van der Waals surface area (Å²) in [6, 6.07) is -0.487. The van der Waals surface area contributed by atoms with Gasteiger partial charge >= 0.3 is 0 Å². The van der Waals surface area contributed by atoms with Crippen LogP contribution in [0.3, 0.4) is 0 Å². The van der Waals surface area contributed by atoms with Gasteiger partial charge in [0.25, 0.3) is 0 Å². The van der Waals surface area contributed by atoms with Gasteiger partial charge in [0.1, 0.15) is 6.10 Å². The average molecular weight is 397 g/mol. The summed E-state index contributed by atoms with van der Waals surface area (Å²) in [7, 11) is 0. The van der Waals surface area contributed by atoms with Crippen molar-refractivity contribution in [2.75, 3.05) is 0 Å². The van der Waals surface area contributed by atoms with Gasteiger partial charge in [0.05, 0.1) is 12.1 Å². The third-order valence-corrected chi connectivity index (χ3v) is 6.29. The van der Waals surface area contributed by atoms with Crippen LogP contribution in [-0.4, -0.2) is 40.3 Å². The van der Waals surface area contributed by atoms with Crippen molar-refractivity contribution in [3.63, 3.8) is 0 Å². The summed E-state index contributed by atoms with van der Waals surface area (Å²) in [5.41, 5.74) is 5.36. The van der Waals surface area contributed by atoms with Crippen molar-refractivity contribution in [2.45, 2.75) is 103 Å². The lowest BCUT2D eigenvalue weighted by Crippen LogP contribution is -2.51. The lowest BCUT2D eigenvalue weighted by molar-refractivity contribution is -0.131. The van der Waals surface area contributed by atoms with E-state index in [0.29, 0.717) is 31.1 Å². The Hall–Kier alpha value is -1.14. The number of nitrogens with one attached hydrogen (secondary N) is 1. The molecule has 4 atom stereocenters. The van der Waals surface area contributed by atoms with Crippen LogP contribution >= 0.6 is 0 Å². The first kappa shape index (κ1) is 23.1. The van der Waals surface area contributed by atoms with Crippen LogP contribution in [-0.2, 0) is 9.59 Å². The Kier molecular flexibility index (Phi) is 9.22. The molecule has 6 nitrogen and oxygen atoms in total. The number of hydrogen-bond donors (Lipinski definition) is 4. The van der Waals surface area contributed by atoms with E-state index >= 15 is 0 Å². The number of carbonyl (C=O) groups excluding carboxylic acids is 2. The van der Waals surface area contributed by atoms with Gasteiger partial charge in [-0.3, -0.25) is 9.59 Å². The summed E-state index contributed by atoms with van der Waals surface area (Å²) in [5.74, 6) is 0.107. The normalized spacial score (nSPS) is 22.5. The molecule has 0 bridgehead atoms. The minimum Gasteiger partial charge on any atom is -0.390 e. The number of hydrogen-bond acceptors (Lipinski definition) is 4. The number of rotatable bonds is 12. The Bertz CT molecular complexity index is 501. The zero-order valence-corrected chi connectivity index (χ0v) is 17.6. The van der Waals surface area contributed by atoms with Crippen LogP contribution in [0.4, 0.5) is 0 Å². The molecule has 162 valence electrons. The van der Waals surface area contributed by atoms with E-state index in [9.17, 15) is 19.8 Å². The number of nitrogens with two attached hydrogens (primary N) is 1. The summed E-state index contributed by atoms with van der Waals surface area (Å²) in [5, 5.41) is 24.3. The Morgan fingerprint density at radius 2 is 1.61 bits per heavy atom. The lowest BCUT2D eigenvalue weighted by Gasteiger charge is -2.33. The second-order valence-corrected chi connectivity index (χ2v) is 9.59. The summed E-state index contributed by atoms with van der Waals surface area (Å²) < 4.78 is 0. The first-order valence-electron chi connectivity index (χ1n) is 11.2. The van der Waals surface area contributed by atoms with Crippen LogP contribution in [0.1, 0.15) is 84.5 Å². The minimum absolute atomic E-state index is 0.0448. The van der Waals surface area contributed by atoms with Crippen molar-refractivity contribution in [1.29, 1.82) is 0 Å². The largest absolute Gasteiger partial charge is 0.390 e. The maximum Gasteiger partial charge on any atom is 0.223 e. The molecule has 2 aliphatic carbocycles. The van der Waals surface area contributed by atoms with E-state index < -0.39 is 30.1 Å². The monoisotopic (exact) mass is 396 g/mol. The molecule has 2 rings (SSSR count). The molecule has 2 fully saturated rings. The number of amides is 2. The van der Waals surface area contributed by atoms with Crippen LogP contribution in [0.5, 0.6) is 0 Å². The highest BCUT2D eigenvalue weighted by Crippen LogP contribution is 2.36. The molecule has 0 radical (unpaired) electrons.